The molecule has 24 heavy (non-hydrogen) atoms. The number of aliphatic hydroxyl groups is 2. The van der Waals surface area contributed by atoms with E-state index in [0.29, 0.717) is 27.9 Å². The van der Waals surface area contributed by atoms with E-state index in [-0.39, 0.29) is 12.5 Å². The molecule has 3 atom stereocenters. The van der Waals surface area contributed by atoms with E-state index in [1.165, 1.54) is 18.4 Å². The second-order valence-electron chi connectivity index (χ2n) is 5.25. The highest BCUT2D eigenvalue weighted by Gasteiger charge is 2.36. The highest BCUT2D eigenvalue weighted by atomic mass is 32.1. The number of carbonyl (C=O) groups excluding carboxylic acids is 1. The fraction of sp³-hybridized carbons (Fsp3) is 0.400. The third kappa shape index (κ3) is 3.39. The molecule has 2 aromatic rings. The number of aliphatic hydroxyl groups excluding tert-OH is 2. The van der Waals surface area contributed by atoms with Crippen molar-refractivity contribution in [3.8, 4) is 5.75 Å². The number of para-hydroxylation sites is 1. The van der Waals surface area contributed by atoms with Crippen molar-refractivity contribution in [3.05, 3.63) is 34.8 Å². The van der Waals surface area contributed by atoms with Crippen molar-refractivity contribution in [1.82, 2.24) is 10.2 Å². The third-order valence-corrected chi connectivity index (χ3v) is 4.62. The number of rotatable bonds is 5. The molecule has 0 aliphatic carbocycles. The molecule has 8 nitrogen and oxygen atoms in total. The molecule has 1 aromatic heterocycles. The molecule has 1 amide bonds. The van der Waals surface area contributed by atoms with Crippen molar-refractivity contribution >= 4 is 22.4 Å². The maximum atomic E-state index is 12.3. The van der Waals surface area contributed by atoms with Crippen LogP contribution in [0.5, 0.6) is 5.75 Å². The van der Waals surface area contributed by atoms with E-state index in [9.17, 15) is 9.90 Å². The minimum Gasteiger partial charge on any atom is -0.496 e. The van der Waals surface area contributed by atoms with E-state index in [2.05, 4.69) is 15.5 Å². The van der Waals surface area contributed by atoms with Crippen molar-refractivity contribution in [2.24, 2.45) is 0 Å². The fourth-order valence-corrected chi connectivity index (χ4v) is 3.25. The molecule has 1 aliphatic heterocycles. The van der Waals surface area contributed by atoms with Gasteiger partial charge in [-0.15, -0.1) is 10.2 Å². The largest absolute Gasteiger partial charge is 0.496 e. The molecule has 3 rings (SSSR count). The maximum absolute atomic E-state index is 12.3. The van der Waals surface area contributed by atoms with E-state index in [4.69, 9.17) is 14.6 Å². The number of aromatic nitrogens is 2. The van der Waals surface area contributed by atoms with Gasteiger partial charge < -0.3 is 19.7 Å². The van der Waals surface area contributed by atoms with Crippen LogP contribution in [-0.2, 0) is 4.74 Å². The minimum absolute atomic E-state index is 0.256. The van der Waals surface area contributed by atoms with Crippen molar-refractivity contribution in [2.75, 3.05) is 19.0 Å². The second kappa shape index (κ2) is 7.22. The van der Waals surface area contributed by atoms with E-state index in [0.717, 1.165) is 0 Å². The topological polar surface area (TPSA) is 114 Å². The molecular weight excluding hydrogens is 334 g/mol. The van der Waals surface area contributed by atoms with Crippen LogP contribution < -0.4 is 10.1 Å². The first-order valence-electron chi connectivity index (χ1n) is 7.34. The zero-order chi connectivity index (χ0) is 17.1. The summed E-state index contributed by atoms with van der Waals surface area (Å²) in [5.74, 6) is 0.114. The average Bonchev–Trinajstić information content (AvgIpc) is 3.21. The zero-order valence-corrected chi connectivity index (χ0v) is 13.7. The van der Waals surface area contributed by atoms with Crippen molar-refractivity contribution < 1.29 is 24.5 Å². The number of hydrogen-bond acceptors (Lipinski definition) is 8. The molecule has 1 aliphatic rings. The Morgan fingerprint density at radius 1 is 1.46 bits per heavy atom. The Labute approximate surface area is 142 Å². The van der Waals surface area contributed by atoms with Crippen LogP contribution >= 0.6 is 11.3 Å². The SMILES string of the molecule is COc1ccccc1C(=O)Nc1nnc([C@@H]2C[C@H](O)[C@@H](CO)O2)s1. The second-order valence-corrected chi connectivity index (χ2v) is 6.26. The highest BCUT2D eigenvalue weighted by Crippen LogP contribution is 2.35. The first-order chi connectivity index (χ1) is 11.6. The lowest BCUT2D eigenvalue weighted by Crippen LogP contribution is -2.24. The molecule has 0 unspecified atom stereocenters. The Hall–Kier alpha value is -2.07. The number of ether oxygens (including phenoxy) is 2. The number of amides is 1. The van der Waals surface area contributed by atoms with Crippen LogP contribution in [0.15, 0.2) is 24.3 Å². The summed E-state index contributed by atoms with van der Waals surface area (Å²) in [6, 6.07) is 6.87. The van der Waals surface area contributed by atoms with Gasteiger partial charge in [0.15, 0.2) is 0 Å². The normalized spacial score (nSPS) is 23.2. The summed E-state index contributed by atoms with van der Waals surface area (Å²) in [4.78, 5) is 12.3. The van der Waals surface area contributed by atoms with Gasteiger partial charge >= 0.3 is 0 Å². The van der Waals surface area contributed by atoms with Crippen molar-refractivity contribution in [2.45, 2.75) is 24.7 Å². The predicted molar refractivity (Wildman–Crippen MR) is 86.2 cm³/mol. The van der Waals surface area contributed by atoms with Gasteiger partial charge in [0.2, 0.25) is 5.13 Å². The number of nitrogens with zero attached hydrogens (tertiary/aromatic N) is 2. The monoisotopic (exact) mass is 351 g/mol. The first kappa shape index (κ1) is 16.8. The minimum atomic E-state index is -0.740. The van der Waals surface area contributed by atoms with Gasteiger partial charge in [-0.25, -0.2) is 0 Å². The van der Waals surface area contributed by atoms with E-state index < -0.39 is 18.3 Å². The molecule has 0 spiro atoms. The van der Waals surface area contributed by atoms with Crippen LogP contribution in [0.4, 0.5) is 5.13 Å². The lowest BCUT2D eigenvalue weighted by Gasteiger charge is -2.09. The lowest BCUT2D eigenvalue weighted by atomic mass is 10.1. The van der Waals surface area contributed by atoms with Crippen LogP contribution in [-0.4, -0.2) is 52.2 Å². The number of carbonyl (C=O) groups is 1. The van der Waals surface area contributed by atoms with Gasteiger partial charge in [-0.05, 0) is 12.1 Å². The van der Waals surface area contributed by atoms with Gasteiger partial charge in [-0.1, -0.05) is 23.5 Å². The molecule has 0 saturated carbocycles. The van der Waals surface area contributed by atoms with Gasteiger partial charge in [0.1, 0.15) is 23.0 Å². The van der Waals surface area contributed by atoms with Gasteiger partial charge in [-0.3, -0.25) is 10.1 Å². The maximum Gasteiger partial charge on any atom is 0.261 e. The summed E-state index contributed by atoms with van der Waals surface area (Å²) in [5, 5.41) is 30.3. The van der Waals surface area contributed by atoms with Crippen LogP contribution in [0.3, 0.4) is 0 Å². The summed E-state index contributed by atoms with van der Waals surface area (Å²) < 4.78 is 10.7. The fourth-order valence-electron chi connectivity index (χ4n) is 2.46. The first-order valence-corrected chi connectivity index (χ1v) is 8.16. The number of anilines is 1. The molecule has 1 aromatic carbocycles. The predicted octanol–water partition coefficient (Wildman–Crippen LogP) is 0.982. The van der Waals surface area contributed by atoms with Crippen LogP contribution in [0.1, 0.15) is 27.9 Å². The molecule has 9 heteroatoms. The Morgan fingerprint density at radius 3 is 2.96 bits per heavy atom. The summed E-state index contributed by atoms with van der Waals surface area (Å²) in [6.45, 7) is -0.256. The lowest BCUT2D eigenvalue weighted by molar-refractivity contribution is -0.0227. The molecule has 2 heterocycles. The number of benzene rings is 1. The summed E-state index contributed by atoms with van der Waals surface area (Å²) in [7, 11) is 1.50. The molecule has 1 saturated heterocycles. The molecular formula is C15H17N3O5S. The van der Waals surface area contributed by atoms with E-state index in [1.807, 2.05) is 0 Å². The highest BCUT2D eigenvalue weighted by molar-refractivity contribution is 7.15. The molecule has 1 fully saturated rings. The van der Waals surface area contributed by atoms with Crippen LogP contribution in [0, 0.1) is 0 Å². The van der Waals surface area contributed by atoms with Crippen molar-refractivity contribution in [3.63, 3.8) is 0 Å². The molecule has 3 N–H and O–H groups in total. The number of methoxy groups -OCH3 is 1. The van der Waals surface area contributed by atoms with Gasteiger partial charge in [0.05, 0.1) is 25.4 Å². The molecule has 0 radical (unpaired) electrons. The van der Waals surface area contributed by atoms with Gasteiger partial charge in [0.25, 0.3) is 5.91 Å². The van der Waals surface area contributed by atoms with E-state index in [1.54, 1.807) is 24.3 Å². The van der Waals surface area contributed by atoms with Gasteiger partial charge in [-0.2, -0.15) is 0 Å². The molecule has 128 valence electrons. The third-order valence-electron chi connectivity index (χ3n) is 3.69. The average molecular weight is 351 g/mol. The summed E-state index contributed by atoms with van der Waals surface area (Å²) >= 11 is 1.17. The Morgan fingerprint density at radius 2 is 2.25 bits per heavy atom. The Balaban J connectivity index is 1.69. The smallest absolute Gasteiger partial charge is 0.261 e. The van der Waals surface area contributed by atoms with Crippen LogP contribution in [0.25, 0.3) is 0 Å². The van der Waals surface area contributed by atoms with Crippen molar-refractivity contribution in [1.29, 1.82) is 0 Å². The number of hydrogen-bond donors (Lipinski definition) is 3. The Bertz CT molecular complexity index is 723. The summed E-state index contributed by atoms with van der Waals surface area (Å²) in [6.07, 6.45) is -1.46. The summed E-state index contributed by atoms with van der Waals surface area (Å²) in [5.41, 5.74) is 0.393. The zero-order valence-electron chi connectivity index (χ0n) is 12.9. The van der Waals surface area contributed by atoms with Crippen LogP contribution in [0.2, 0.25) is 0 Å². The van der Waals surface area contributed by atoms with E-state index >= 15 is 0 Å². The standard InChI is InChI=1S/C15H17N3O5S/c1-22-10-5-3-2-4-8(10)13(21)16-15-18-17-14(24-15)11-6-9(20)12(7-19)23-11/h2-5,9,11-12,19-20H,6-7H2,1H3,(H,16,18,21)/t9-,11-,12+/m0/s1. The number of nitrogens with one attached hydrogen (secondary N) is 1. The Kier molecular flexibility index (Phi) is 5.05. The van der Waals surface area contributed by atoms with Gasteiger partial charge in [0, 0.05) is 6.42 Å². The quantitative estimate of drug-likeness (QED) is 0.736. The molecule has 0 bridgehead atoms.